The minimum absolute atomic E-state index is 0.0260. The van der Waals surface area contributed by atoms with Gasteiger partial charge in [0, 0.05) is 62.1 Å². The molecule has 1 aromatic rings. The van der Waals surface area contributed by atoms with Crippen LogP contribution >= 0.6 is 11.6 Å². The maximum Gasteiger partial charge on any atom is 0.249 e. The van der Waals surface area contributed by atoms with Gasteiger partial charge in [-0.2, -0.15) is 0 Å². The van der Waals surface area contributed by atoms with Crippen molar-refractivity contribution >= 4 is 17.5 Å². The fourth-order valence-corrected chi connectivity index (χ4v) is 3.47. The van der Waals surface area contributed by atoms with Crippen LogP contribution in [0.15, 0.2) is 35.5 Å². The van der Waals surface area contributed by atoms with E-state index in [9.17, 15) is 4.79 Å². The molecule has 142 valence electrons. The third-order valence-corrected chi connectivity index (χ3v) is 5.12. The number of halogens is 1. The Kier molecular flexibility index (Phi) is 6.91. The van der Waals surface area contributed by atoms with Crippen LogP contribution in [0, 0.1) is 0 Å². The molecule has 0 aromatic heterocycles. The van der Waals surface area contributed by atoms with E-state index in [4.69, 9.17) is 22.1 Å². The largest absolute Gasteiger partial charge is 0.401 e. The monoisotopic (exact) mass is 378 g/mol. The second-order valence-corrected chi connectivity index (χ2v) is 7.24. The topological polar surface area (TPSA) is 70.8 Å². The first-order valence-corrected chi connectivity index (χ1v) is 9.52. The van der Waals surface area contributed by atoms with E-state index in [0.29, 0.717) is 25.2 Å². The minimum atomic E-state index is -0.0260. The highest BCUT2D eigenvalue weighted by Gasteiger charge is 2.22. The van der Waals surface area contributed by atoms with Crippen molar-refractivity contribution in [2.45, 2.75) is 13.0 Å². The first-order valence-electron chi connectivity index (χ1n) is 9.14. The molecular formula is C19H27ClN4O2. The van der Waals surface area contributed by atoms with E-state index in [2.05, 4.69) is 15.1 Å². The standard InChI is InChI=1S/C19H27ClN4O2/c20-16-3-1-15(2-4-16)13-24-7-5-17(18(21)14-24)19(25)22-6-8-23-9-11-26-12-10-23/h1-4H,5-14,21H2,(H,22,25). The van der Waals surface area contributed by atoms with Crippen LogP contribution in [0.4, 0.5) is 0 Å². The highest BCUT2D eigenvalue weighted by molar-refractivity contribution is 6.30. The Morgan fingerprint density at radius 1 is 1.15 bits per heavy atom. The molecular weight excluding hydrogens is 352 g/mol. The molecule has 6 nitrogen and oxygen atoms in total. The first-order chi connectivity index (χ1) is 12.6. The van der Waals surface area contributed by atoms with Gasteiger partial charge in [-0.25, -0.2) is 0 Å². The van der Waals surface area contributed by atoms with Gasteiger partial charge in [-0.1, -0.05) is 23.7 Å². The third-order valence-electron chi connectivity index (χ3n) is 4.87. The van der Waals surface area contributed by atoms with Crippen LogP contribution in [0.2, 0.25) is 5.02 Å². The van der Waals surface area contributed by atoms with Crippen molar-refractivity contribution in [3.8, 4) is 0 Å². The molecule has 1 fully saturated rings. The third kappa shape index (κ3) is 5.45. The molecule has 3 rings (SSSR count). The zero-order valence-corrected chi connectivity index (χ0v) is 15.8. The summed E-state index contributed by atoms with van der Waals surface area (Å²) in [5, 5.41) is 3.75. The van der Waals surface area contributed by atoms with E-state index in [1.54, 1.807) is 0 Å². The van der Waals surface area contributed by atoms with Gasteiger partial charge in [0.15, 0.2) is 0 Å². The van der Waals surface area contributed by atoms with Crippen LogP contribution in [0.25, 0.3) is 0 Å². The fraction of sp³-hybridized carbons (Fsp3) is 0.526. The normalized spacial score (nSPS) is 19.6. The molecule has 1 amide bonds. The molecule has 0 bridgehead atoms. The summed E-state index contributed by atoms with van der Waals surface area (Å²) >= 11 is 5.93. The number of ether oxygens (including phenoxy) is 1. The smallest absolute Gasteiger partial charge is 0.249 e. The van der Waals surface area contributed by atoms with Crippen molar-refractivity contribution in [3.63, 3.8) is 0 Å². The lowest BCUT2D eigenvalue weighted by atomic mass is 10.0. The number of carbonyl (C=O) groups is 1. The van der Waals surface area contributed by atoms with E-state index in [1.165, 1.54) is 5.56 Å². The fourth-order valence-electron chi connectivity index (χ4n) is 3.35. The molecule has 7 heteroatoms. The van der Waals surface area contributed by atoms with Crippen molar-refractivity contribution in [1.82, 2.24) is 15.1 Å². The average molecular weight is 379 g/mol. The Hall–Kier alpha value is -1.60. The van der Waals surface area contributed by atoms with Gasteiger partial charge < -0.3 is 15.8 Å². The highest BCUT2D eigenvalue weighted by atomic mass is 35.5. The summed E-state index contributed by atoms with van der Waals surface area (Å²) < 4.78 is 5.33. The van der Waals surface area contributed by atoms with Crippen molar-refractivity contribution in [1.29, 1.82) is 0 Å². The Balaban J connectivity index is 1.45. The number of hydrogen-bond acceptors (Lipinski definition) is 5. The van der Waals surface area contributed by atoms with Gasteiger partial charge in [0.05, 0.1) is 13.2 Å². The summed E-state index contributed by atoms with van der Waals surface area (Å²) in [7, 11) is 0. The van der Waals surface area contributed by atoms with Crippen LogP contribution in [0.5, 0.6) is 0 Å². The second kappa shape index (κ2) is 9.37. The van der Waals surface area contributed by atoms with Crippen molar-refractivity contribution in [2.24, 2.45) is 5.73 Å². The number of amides is 1. The molecule has 0 saturated carbocycles. The summed E-state index contributed by atoms with van der Waals surface area (Å²) in [6.45, 7) is 7.16. The van der Waals surface area contributed by atoms with Crippen molar-refractivity contribution in [2.75, 3.05) is 52.5 Å². The van der Waals surface area contributed by atoms with Gasteiger partial charge in [-0.3, -0.25) is 14.6 Å². The Morgan fingerprint density at radius 3 is 2.58 bits per heavy atom. The maximum atomic E-state index is 12.4. The first kappa shape index (κ1) is 19.2. The number of benzene rings is 1. The molecule has 0 spiro atoms. The number of nitrogens with zero attached hydrogens (tertiary/aromatic N) is 2. The number of nitrogens with two attached hydrogens (primary N) is 1. The van der Waals surface area contributed by atoms with Gasteiger partial charge >= 0.3 is 0 Å². The van der Waals surface area contributed by atoms with Gasteiger partial charge in [-0.15, -0.1) is 0 Å². The van der Waals surface area contributed by atoms with E-state index in [0.717, 1.165) is 56.5 Å². The molecule has 2 aliphatic rings. The van der Waals surface area contributed by atoms with Crippen LogP contribution in [-0.2, 0) is 16.1 Å². The summed E-state index contributed by atoms with van der Waals surface area (Å²) in [6, 6.07) is 7.84. The minimum Gasteiger partial charge on any atom is -0.401 e. The predicted molar refractivity (Wildman–Crippen MR) is 103 cm³/mol. The Bertz CT molecular complexity index is 641. The summed E-state index contributed by atoms with van der Waals surface area (Å²) in [5.74, 6) is -0.0260. The predicted octanol–water partition coefficient (Wildman–Crippen LogP) is 1.21. The number of nitrogens with one attached hydrogen (secondary N) is 1. The lowest BCUT2D eigenvalue weighted by Gasteiger charge is -2.29. The molecule has 2 heterocycles. The quantitative estimate of drug-likeness (QED) is 0.778. The maximum absolute atomic E-state index is 12.4. The van der Waals surface area contributed by atoms with Crippen molar-refractivity contribution in [3.05, 3.63) is 46.1 Å². The van der Waals surface area contributed by atoms with E-state index >= 15 is 0 Å². The van der Waals surface area contributed by atoms with Crippen LogP contribution < -0.4 is 11.1 Å². The van der Waals surface area contributed by atoms with Crippen LogP contribution in [0.1, 0.15) is 12.0 Å². The Morgan fingerprint density at radius 2 is 1.88 bits per heavy atom. The molecule has 0 unspecified atom stereocenters. The SMILES string of the molecule is NC1=C(C(=O)NCCN2CCOCC2)CCN(Cc2ccc(Cl)cc2)C1. The Labute approximate surface area is 159 Å². The van der Waals surface area contributed by atoms with E-state index in [-0.39, 0.29) is 5.91 Å². The van der Waals surface area contributed by atoms with Crippen LogP contribution in [0.3, 0.4) is 0 Å². The second-order valence-electron chi connectivity index (χ2n) is 6.80. The molecule has 26 heavy (non-hydrogen) atoms. The summed E-state index contributed by atoms with van der Waals surface area (Å²) in [4.78, 5) is 17.0. The molecule has 1 aromatic carbocycles. The number of hydrogen-bond donors (Lipinski definition) is 2. The summed E-state index contributed by atoms with van der Waals surface area (Å²) in [5.41, 5.74) is 8.80. The molecule has 2 aliphatic heterocycles. The van der Waals surface area contributed by atoms with Gasteiger partial charge in [0.25, 0.3) is 0 Å². The highest BCUT2D eigenvalue weighted by Crippen LogP contribution is 2.18. The van der Waals surface area contributed by atoms with Gasteiger partial charge in [0.1, 0.15) is 0 Å². The lowest BCUT2D eigenvalue weighted by molar-refractivity contribution is -0.118. The lowest BCUT2D eigenvalue weighted by Crippen LogP contribution is -2.43. The van der Waals surface area contributed by atoms with E-state index in [1.807, 2.05) is 24.3 Å². The number of morpholine rings is 1. The molecule has 0 aliphatic carbocycles. The average Bonchev–Trinajstić information content (AvgIpc) is 2.64. The number of rotatable bonds is 6. The molecule has 3 N–H and O–H groups in total. The van der Waals surface area contributed by atoms with Crippen molar-refractivity contribution < 1.29 is 9.53 Å². The molecule has 0 radical (unpaired) electrons. The van der Waals surface area contributed by atoms with Gasteiger partial charge in [0.2, 0.25) is 5.91 Å². The van der Waals surface area contributed by atoms with E-state index < -0.39 is 0 Å². The number of carbonyl (C=O) groups excluding carboxylic acids is 1. The molecule has 0 atom stereocenters. The summed E-state index contributed by atoms with van der Waals surface area (Å²) in [6.07, 6.45) is 0.683. The zero-order chi connectivity index (χ0) is 18.4. The van der Waals surface area contributed by atoms with Gasteiger partial charge in [-0.05, 0) is 24.1 Å². The zero-order valence-electron chi connectivity index (χ0n) is 15.0. The van der Waals surface area contributed by atoms with Crippen LogP contribution in [-0.4, -0.2) is 68.2 Å². The molecule has 1 saturated heterocycles.